The first-order valence-corrected chi connectivity index (χ1v) is 8.32. The molecule has 0 saturated heterocycles. The number of carbonyl (C=O) groups excluding carboxylic acids is 1. The molecule has 4 aromatic rings. The van der Waals surface area contributed by atoms with Crippen molar-refractivity contribution in [2.45, 2.75) is 6.92 Å². The van der Waals surface area contributed by atoms with E-state index in [9.17, 15) is 4.79 Å². The van der Waals surface area contributed by atoms with Gasteiger partial charge in [-0.2, -0.15) is 0 Å². The van der Waals surface area contributed by atoms with Crippen LogP contribution in [-0.2, 0) is 0 Å². The fourth-order valence-electron chi connectivity index (χ4n) is 2.82. The smallest absolute Gasteiger partial charge is 0.346 e. The zero-order valence-electron chi connectivity index (χ0n) is 14.2. The van der Waals surface area contributed by atoms with Crippen molar-refractivity contribution >= 4 is 16.9 Å². The van der Waals surface area contributed by atoms with Crippen molar-refractivity contribution in [1.29, 1.82) is 0 Å². The van der Waals surface area contributed by atoms with E-state index in [0.29, 0.717) is 22.5 Å². The van der Waals surface area contributed by atoms with Crippen LogP contribution in [0.4, 0.5) is 0 Å². The number of aryl methyl sites for hydroxylation is 1. The van der Waals surface area contributed by atoms with Crippen LogP contribution in [0.25, 0.3) is 22.2 Å². The van der Waals surface area contributed by atoms with E-state index in [4.69, 9.17) is 4.74 Å². The Labute approximate surface area is 151 Å². The van der Waals surface area contributed by atoms with Crippen molar-refractivity contribution in [1.82, 2.24) is 10.2 Å². The maximum absolute atomic E-state index is 13.0. The molecule has 0 spiro atoms. The molecule has 3 aromatic carbocycles. The monoisotopic (exact) mass is 340 g/mol. The number of hydrogen-bond donors (Lipinski definition) is 0. The summed E-state index contributed by atoms with van der Waals surface area (Å²) in [6.07, 6.45) is 0. The summed E-state index contributed by atoms with van der Waals surface area (Å²) in [5.74, 6) is 0.0549. The minimum absolute atomic E-state index is 0.419. The number of hydrogen-bond acceptors (Lipinski definition) is 4. The minimum atomic E-state index is -0.446. The van der Waals surface area contributed by atoms with E-state index >= 15 is 0 Å². The highest BCUT2D eigenvalue weighted by atomic mass is 16.5. The van der Waals surface area contributed by atoms with Crippen LogP contribution in [-0.4, -0.2) is 16.2 Å². The van der Waals surface area contributed by atoms with Crippen LogP contribution in [0.2, 0.25) is 0 Å². The maximum Gasteiger partial charge on any atom is 0.346 e. The molecule has 4 rings (SSSR count). The number of ether oxygens (including phenoxy) is 1. The topological polar surface area (TPSA) is 52.1 Å². The van der Waals surface area contributed by atoms with E-state index in [1.165, 1.54) is 0 Å². The molecule has 0 saturated carbocycles. The van der Waals surface area contributed by atoms with Crippen LogP contribution in [0.15, 0.2) is 78.9 Å². The highest BCUT2D eigenvalue weighted by Gasteiger charge is 2.21. The molecule has 0 N–H and O–H groups in total. The van der Waals surface area contributed by atoms with Crippen LogP contribution in [0, 0.1) is 6.92 Å². The average Bonchev–Trinajstić information content (AvgIpc) is 2.69. The molecule has 0 aliphatic heterocycles. The van der Waals surface area contributed by atoms with Gasteiger partial charge in [0, 0.05) is 10.9 Å². The predicted octanol–water partition coefficient (Wildman–Crippen LogP) is 4.82. The summed E-state index contributed by atoms with van der Waals surface area (Å²) in [4.78, 5) is 13.0. The van der Waals surface area contributed by atoms with E-state index < -0.39 is 5.97 Å². The Morgan fingerprint density at radius 3 is 2.27 bits per heavy atom. The van der Waals surface area contributed by atoms with E-state index in [1.54, 1.807) is 12.1 Å². The van der Waals surface area contributed by atoms with Gasteiger partial charge in [0.05, 0.1) is 11.1 Å². The van der Waals surface area contributed by atoms with Crippen molar-refractivity contribution in [2.75, 3.05) is 0 Å². The lowest BCUT2D eigenvalue weighted by molar-refractivity contribution is 0.0737. The van der Waals surface area contributed by atoms with Gasteiger partial charge in [-0.25, -0.2) is 4.79 Å². The van der Waals surface area contributed by atoms with Crippen LogP contribution >= 0.6 is 0 Å². The third kappa shape index (κ3) is 3.05. The van der Waals surface area contributed by atoms with Gasteiger partial charge in [-0.15, -0.1) is 10.2 Å². The van der Waals surface area contributed by atoms with E-state index in [-0.39, 0.29) is 0 Å². The molecule has 0 unspecified atom stereocenters. The molecular weight excluding hydrogens is 324 g/mol. The molecule has 1 aromatic heterocycles. The molecule has 4 nitrogen and oxygen atoms in total. The van der Waals surface area contributed by atoms with Crippen LogP contribution in [0.1, 0.15) is 15.9 Å². The van der Waals surface area contributed by atoms with Crippen molar-refractivity contribution < 1.29 is 9.53 Å². The number of benzene rings is 3. The van der Waals surface area contributed by atoms with Crippen molar-refractivity contribution in [3.05, 3.63) is 90.0 Å². The predicted molar refractivity (Wildman–Crippen MR) is 101 cm³/mol. The summed E-state index contributed by atoms with van der Waals surface area (Å²) in [6.45, 7) is 1.99. The zero-order valence-corrected chi connectivity index (χ0v) is 14.2. The van der Waals surface area contributed by atoms with Gasteiger partial charge in [0.2, 0.25) is 0 Å². The van der Waals surface area contributed by atoms with Gasteiger partial charge >= 0.3 is 5.97 Å². The lowest BCUT2D eigenvalue weighted by Gasteiger charge is -2.11. The molecule has 1 heterocycles. The SMILES string of the molecule is Cc1ccc(OC(=O)c2c(-c3ccccc3)nnc3ccccc23)cc1. The van der Waals surface area contributed by atoms with Crippen molar-refractivity contribution in [2.24, 2.45) is 0 Å². The Bertz CT molecular complexity index is 1070. The number of esters is 1. The molecule has 0 aliphatic carbocycles. The van der Waals surface area contributed by atoms with Gasteiger partial charge < -0.3 is 4.74 Å². The maximum atomic E-state index is 13.0. The van der Waals surface area contributed by atoms with E-state index in [2.05, 4.69) is 10.2 Å². The first kappa shape index (κ1) is 16.0. The number of aromatic nitrogens is 2. The van der Waals surface area contributed by atoms with Gasteiger partial charge in [0.25, 0.3) is 0 Å². The Balaban J connectivity index is 1.85. The second-order valence-electron chi connectivity index (χ2n) is 6.01. The third-order valence-electron chi connectivity index (χ3n) is 4.15. The summed E-state index contributed by atoms with van der Waals surface area (Å²) >= 11 is 0. The van der Waals surface area contributed by atoms with Crippen LogP contribution in [0.3, 0.4) is 0 Å². The van der Waals surface area contributed by atoms with Gasteiger partial charge in [-0.1, -0.05) is 66.2 Å². The molecule has 0 amide bonds. The molecule has 4 heteroatoms. The van der Waals surface area contributed by atoms with Crippen molar-refractivity contribution in [3.63, 3.8) is 0 Å². The zero-order chi connectivity index (χ0) is 17.9. The summed E-state index contributed by atoms with van der Waals surface area (Å²) < 4.78 is 5.62. The first-order chi connectivity index (χ1) is 12.7. The average molecular weight is 340 g/mol. The Morgan fingerprint density at radius 1 is 0.808 bits per heavy atom. The van der Waals surface area contributed by atoms with Crippen LogP contribution in [0.5, 0.6) is 5.75 Å². The molecule has 0 bridgehead atoms. The Hall–Kier alpha value is -3.53. The highest BCUT2D eigenvalue weighted by Crippen LogP contribution is 2.28. The lowest BCUT2D eigenvalue weighted by Crippen LogP contribution is -2.12. The second kappa shape index (κ2) is 6.76. The van der Waals surface area contributed by atoms with E-state index in [1.807, 2.05) is 73.7 Å². The molecular formula is C22H16N2O2. The number of rotatable bonds is 3. The Kier molecular flexibility index (Phi) is 4.15. The summed E-state index contributed by atoms with van der Waals surface area (Å²) in [5, 5.41) is 9.29. The fourth-order valence-corrected chi connectivity index (χ4v) is 2.82. The number of fused-ring (bicyclic) bond motifs is 1. The molecule has 126 valence electrons. The highest BCUT2D eigenvalue weighted by molar-refractivity contribution is 6.08. The first-order valence-electron chi connectivity index (χ1n) is 8.32. The van der Waals surface area contributed by atoms with Gasteiger partial charge in [-0.05, 0) is 25.1 Å². The van der Waals surface area contributed by atoms with Gasteiger partial charge in [0.15, 0.2) is 0 Å². The Morgan fingerprint density at radius 2 is 1.50 bits per heavy atom. The number of carbonyl (C=O) groups is 1. The quantitative estimate of drug-likeness (QED) is 0.396. The third-order valence-corrected chi connectivity index (χ3v) is 4.15. The molecule has 26 heavy (non-hydrogen) atoms. The molecule has 0 aliphatic rings. The van der Waals surface area contributed by atoms with Crippen molar-refractivity contribution in [3.8, 4) is 17.0 Å². The lowest BCUT2D eigenvalue weighted by atomic mass is 10.0. The summed E-state index contributed by atoms with van der Waals surface area (Å²) in [7, 11) is 0. The molecule has 0 fully saturated rings. The standard InChI is InChI=1S/C22H16N2O2/c1-15-11-13-17(14-12-15)26-22(25)20-18-9-5-6-10-19(18)23-24-21(20)16-7-3-2-4-8-16/h2-14H,1H3. The molecule has 0 atom stereocenters. The largest absolute Gasteiger partial charge is 0.423 e. The van der Waals surface area contributed by atoms with Crippen LogP contribution < -0.4 is 4.74 Å². The normalized spacial score (nSPS) is 10.7. The van der Waals surface area contributed by atoms with E-state index in [0.717, 1.165) is 16.5 Å². The summed E-state index contributed by atoms with van der Waals surface area (Å²) in [5.41, 5.74) is 3.51. The summed E-state index contributed by atoms with van der Waals surface area (Å²) in [6, 6.07) is 24.4. The fraction of sp³-hybridized carbons (Fsp3) is 0.0455. The van der Waals surface area contributed by atoms with Gasteiger partial charge in [-0.3, -0.25) is 0 Å². The van der Waals surface area contributed by atoms with Gasteiger partial charge in [0.1, 0.15) is 11.4 Å². The number of nitrogens with zero attached hydrogens (tertiary/aromatic N) is 2. The molecule has 0 radical (unpaired) electrons. The minimum Gasteiger partial charge on any atom is -0.423 e. The second-order valence-corrected chi connectivity index (χ2v) is 6.01.